The number of nitrogens with one attached hydrogen (secondary N) is 1. The molecule has 0 saturated carbocycles. The molecule has 168 valence electrons. The number of Topliss-reactive ketones (excluding diaryl/α,β-unsaturated/α-hetero) is 1. The molecule has 1 amide bonds. The van der Waals surface area contributed by atoms with Gasteiger partial charge >= 0.3 is 0 Å². The van der Waals surface area contributed by atoms with Crippen molar-refractivity contribution in [1.82, 2.24) is 10.2 Å². The first kappa shape index (κ1) is 22.2. The van der Waals surface area contributed by atoms with Crippen molar-refractivity contribution in [3.8, 4) is 0 Å². The number of hydrogen-bond acceptors (Lipinski definition) is 5. The van der Waals surface area contributed by atoms with Crippen molar-refractivity contribution in [3.05, 3.63) is 71.8 Å². The molecule has 1 unspecified atom stereocenters. The normalized spacial score (nSPS) is 20.2. The van der Waals surface area contributed by atoms with E-state index in [1.807, 2.05) is 60.7 Å². The first-order valence-corrected chi connectivity index (χ1v) is 11.7. The van der Waals surface area contributed by atoms with Crippen LogP contribution in [-0.2, 0) is 15.1 Å². The first-order chi connectivity index (χ1) is 15.6. The van der Waals surface area contributed by atoms with E-state index in [1.54, 1.807) is 4.90 Å². The topological polar surface area (TPSA) is 87.8 Å². The third-order valence-electron chi connectivity index (χ3n) is 6.50. The fraction of sp³-hybridized carbons (Fsp3) is 0.423. The van der Waals surface area contributed by atoms with Gasteiger partial charge in [0.1, 0.15) is 5.78 Å². The van der Waals surface area contributed by atoms with Crippen LogP contribution in [0.3, 0.4) is 0 Å². The van der Waals surface area contributed by atoms with E-state index in [4.69, 9.17) is 10.7 Å². The summed E-state index contributed by atoms with van der Waals surface area (Å²) in [4.78, 5) is 32.4. The molecule has 6 heteroatoms. The van der Waals surface area contributed by atoms with Crippen LogP contribution in [0.2, 0.25) is 0 Å². The molecule has 2 heterocycles. The van der Waals surface area contributed by atoms with Gasteiger partial charge in [-0.2, -0.15) is 0 Å². The SMILES string of the molecule is NC1=NC(c2ccccc2)(c2ccccc2)C(=O)N1CCCCCC(=O)C1CCCCN1. The lowest BCUT2D eigenvalue weighted by Gasteiger charge is -2.27. The number of unbranched alkanes of at least 4 members (excludes halogenated alkanes) is 2. The minimum Gasteiger partial charge on any atom is -0.369 e. The molecule has 2 aliphatic rings. The Hall–Kier alpha value is -2.99. The standard InChI is InChI=1S/C26H32N4O2/c27-25-29-26(20-12-4-1-5-13-20,21-14-6-2-7-15-21)24(32)30(25)19-11-3-8-17-23(31)22-16-9-10-18-28-22/h1-2,4-7,12-15,22,28H,3,8-11,16-19H2,(H2,27,29). The summed E-state index contributed by atoms with van der Waals surface area (Å²) < 4.78 is 0. The predicted molar refractivity (Wildman–Crippen MR) is 126 cm³/mol. The molecule has 4 rings (SSSR count). The minimum atomic E-state index is -1.14. The molecule has 1 atom stereocenters. The van der Waals surface area contributed by atoms with Crippen molar-refractivity contribution >= 4 is 17.6 Å². The Morgan fingerprint density at radius 2 is 1.66 bits per heavy atom. The fourth-order valence-corrected chi connectivity index (χ4v) is 4.74. The highest BCUT2D eigenvalue weighted by molar-refractivity contribution is 6.09. The van der Waals surface area contributed by atoms with E-state index in [9.17, 15) is 9.59 Å². The van der Waals surface area contributed by atoms with Crippen molar-refractivity contribution in [2.45, 2.75) is 56.5 Å². The molecule has 0 aliphatic carbocycles. The molecule has 6 nitrogen and oxygen atoms in total. The zero-order valence-corrected chi connectivity index (χ0v) is 18.5. The lowest BCUT2D eigenvalue weighted by atomic mass is 9.83. The zero-order valence-electron chi connectivity index (χ0n) is 18.5. The number of nitrogens with zero attached hydrogens (tertiary/aromatic N) is 2. The van der Waals surface area contributed by atoms with Gasteiger partial charge in [-0.25, -0.2) is 4.99 Å². The number of piperidine rings is 1. The van der Waals surface area contributed by atoms with E-state index in [0.29, 0.717) is 18.7 Å². The van der Waals surface area contributed by atoms with Crippen LogP contribution in [0, 0.1) is 0 Å². The Kier molecular flexibility index (Phi) is 7.00. The van der Waals surface area contributed by atoms with Gasteiger partial charge in [-0.05, 0) is 43.4 Å². The molecule has 0 aromatic heterocycles. The second-order valence-corrected chi connectivity index (χ2v) is 8.65. The van der Waals surface area contributed by atoms with Crippen molar-refractivity contribution in [3.63, 3.8) is 0 Å². The average Bonchev–Trinajstić information content (AvgIpc) is 3.11. The highest BCUT2D eigenvalue weighted by Gasteiger charge is 2.50. The van der Waals surface area contributed by atoms with Crippen LogP contribution in [0.4, 0.5) is 0 Å². The van der Waals surface area contributed by atoms with E-state index in [-0.39, 0.29) is 17.9 Å². The van der Waals surface area contributed by atoms with E-state index >= 15 is 0 Å². The Morgan fingerprint density at radius 1 is 1.00 bits per heavy atom. The fourth-order valence-electron chi connectivity index (χ4n) is 4.74. The van der Waals surface area contributed by atoms with Crippen LogP contribution in [0.25, 0.3) is 0 Å². The number of nitrogens with two attached hydrogens (primary N) is 1. The predicted octanol–water partition coefficient (Wildman–Crippen LogP) is 3.36. The quantitative estimate of drug-likeness (QED) is 0.595. The minimum absolute atomic E-state index is 0.0315. The highest BCUT2D eigenvalue weighted by atomic mass is 16.2. The summed E-state index contributed by atoms with van der Waals surface area (Å²) in [5.74, 6) is 0.454. The van der Waals surface area contributed by atoms with Crippen molar-refractivity contribution in [2.24, 2.45) is 10.7 Å². The molecule has 0 spiro atoms. The summed E-state index contributed by atoms with van der Waals surface area (Å²) in [7, 11) is 0. The van der Waals surface area contributed by atoms with Crippen LogP contribution < -0.4 is 11.1 Å². The van der Waals surface area contributed by atoms with Crippen LogP contribution in [-0.4, -0.2) is 41.7 Å². The molecular formula is C26H32N4O2. The summed E-state index contributed by atoms with van der Waals surface area (Å²) in [6.45, 7) is 1.45. The average molecular weight is 433 g/mol. The maximum absolute atomic E-state index is 13.7. The summed E-state index contributed by atoms with van der Waals surface area (Å²) in [5, 5.41) is 3.32. The first-order valence-electron chi connectivity index (χ1n) is 11.7. The van der Waals surface area contributed by atoms with Gasteiger partial charge in [-0.15, -0.1) is 0 Å². The molecule has 0 bridgehead atoms. The van der Waals surface area contributed by atoms with Gasteiger partial charge in [0.05, 0.1) is 6.04 Å². The molecule has 2 aromatic carbocycles. The number of rotatable bonds is 9. The molecule has 1 fully saturated rings. The third kappa shape index (κ3) is 4.46. The molecule has 3 N–H and O–H groups in total. The van der Waals surface area contributed by atoms with Crippen LogP contribution in [0.1, 0.15) is 56.1 Å². The summed E-state index contributed by atoms with van der Waals surface area (Å²) in [6, 6.07) is 19.3. The molecule has 2 aromatic rings. The summed E-state index contributed by atoms with van der Waals surface area (Å²) in [5.41, 5.74) is 6.75. The molecular weight excluding hydrogens is 400 g/mol. The Morgan fingerprint density at radius 3 is 2.25 bits per heavy atom. The smallest absolute Gasteiger partial charge is 0.266 e. The number of carbonyl (C=O) groups excluding carboxylic acids is 2. The maximum Gasteiger partial charge on any atom is 0.266 e. The van der Waals surface area contributed by atoms with E-state index in [0.717, 1.165) is 56.2 Å². The maximum atomic E-state index is 13.7. The van der Waals surface area contributed by atoms with Gasteiger partial charge in [0, 0.05) is 13.0 Å². The number of benzene rings is 2. The molecule has 32 heavy (non-hydrogen) atoms. The van der Waals surface area contributed by atoms with E-state index in [1.165, 1.54) is 0 Å². The summed E-state index contributed by atoms with van der Waals surface area (Å²) in [6.07, 6.45) is 6.32. The Labute approximate surface area is 189 Å². The number of aliphatic imine (C=N–C) groups is 1. The van der Waals surface area contributed by atoms with E-state index in [2.05, 4.69) is 5.32 Å². The number of guanidine groups is 1. The number of hydrogen-bond donors (Lipinski definition) is 2. The van der Waals surface area contributed by atoms with Crippen molar-refractivity contribution in [2.75, 3.05) is 13.1 Å². The second kappa shape index (κ2) is 10.1. The van der Waals surface area contributed by atoms with Crippen LogP contribution >= 0.6 is 0 Å². The number of carbonyl (C=O) groups is 2. The van der Waals surface area contributed by atoms with Crippen molar-refractivity contribution < 1.29 is 9.59 Å². The monoisotopic (exact) mass is 432 g/mol. The second-order valence-electron chi connectivity index (χ2n) is 8.65. The molecule has 2 aliphatic heterocycles. The van der Waals surface area contributed by atoms with E-state index < -0.39 is 5.54 Å². The summed E-state index contributed by atoms with van der Waals surface area (Å²) >= 11 is 0. The zero-order chi connectivity index (χ0) is 22.4. The third-order valence-corrected chi connectivity index (χ3v) is 6.50. The van der Waals surface area contributed by atoms with Gasteiger partial charge in [-0.1, -0.05) is 73.5 Å². The van der Waals surface area contributed by atoms with Crippen LogP contribution in [0.15, 0.2) is 65.7 Å². The highest BCUT2D eigenvalue weighted by Crippen LogP contribution is 2.39. The lowest BCUT2D eigenvalue weighted by molar-refractivity contribution is -0.130. The van der Waals surface area contributed by atoms with Gasteiger partial charge in [0.15, 0.2) is 11.5 Å². The lowest BCUT2D eigenvalue weighted by Crippen LogP contribution is -2.44. The Balaban J connectivity index is 1.39. The largest absolute Gasteiger partial charge is 0.369 e. The van der Waals surface area contributed by atoms with Gasteiger partial charge in [-0.3, -0.25) is 14.5 Å². The van der Waals surface area contributed by atoms with Gasteiger partial charge in [0.2, 0.25) is 0 Å². The van der Waals surface area contributed by atoms with Crippen molar-refractivity contribution in [1.29, 1.82) is 0 Å². The van der Waals surface area contributed by atoms with Crippen LogP contribution in [0.5, 0.6) is 0 Å². The van der Waals surface area contributed by atoms with Gasteiger partial charge < -0.3 is 11.1 Å². The Bertz CT molecular complexity index is 913. The van der Waals surface area contributed by atoms with Gasteiger partial charge in [0.25, 0.3) is 5.91 Å². The number of ketones is 1. The number of amides is 1. The molecule has 0 radical (unpaired) electrons. The molecule has 1 saturated heterocycles.